The first-order valence-corrected chi connectivity index (χ1v) is 7.27. The maximum absolute atomic E-state index is 13.6. The van der Waals surface area contributed by atoms with Gasteiger partial charge in [0.25, 0.3) is 0 Å². The number of hydrogen-bond donors (Lipinski definition) is 1. The molecule has 1 saturated heterocycles. The summed E-state index contributed by atoms with van der Waals surface area (Å²) in [4.78, 5) is 24.7. The van der Waals surface area contributed by atoms with Gasteiger partial charge in [0.15, 0.2) is 0 Å². The lowest BCUT2D eigenvalue weighted by Crippen LogP contribution is -2.39. The van der Waals surface area contributed by atoms with Crippen LogP contribution in [-0.2, 0) is 9.59 Å². The van der Waals surface area contributed by atoms with Crippen molar-refractivity contribution in [2.45, 2.75) is 25.8 Å². The van der Waals surface area contributed by atoms with E-state index in [4.69, 9.17) is 0 Å². The Balaban J connectivity index is 2.12. The van der Waals surface area contributed by atoms with Gasteiger partial charge in [0.2, 0.25) is 11.8 Å². The summed E-state index contributed by atoms with van der Waals surface area (Å²) in [6.07, 6.45) is 1.70. The number of nitrogens with zero attached hydrogens (tertiary/aromatic N) is 1. The van der Waals surface area contributed by atoms with Crippen molar-refractivity contribution in [3.63, 3.8) is 0 Å². The molecule has 2 rings (SSSR count). The van der Waals surface area contributed by atoms with E-state index in [1.807, 2.05) is 6.07 Å². The van der Waals surface area contributed by atoms with Crippen molar-refractivity contribution in [3.8, 4) is 0 Å². The van der Waals surface area contributed by atoms with Crippen molar-refractivity contribution in [1.29, 1.82) is 0 Å². The van der Waals surface area contributed by atoms with Crippen molar-refractivity contribution in [3.05, 3.63) is 34.1 Å². The van der Waals surface area contributed by atoms with Crippen LogP contribution in [-0.4, -0.2) is 29.8 Å². The van der Waals surface area contributed by atoms with Gasteiger partial charge in [-0.3, -0.25) is 9.59 Å². The normalized spacial score (nSPS) is 18.1. The number of likely N-dealkylation sites (tertiary alicyclic amines) is 1. The largest absolute Gasteiger partial charge is 0.347 e. The number of halogens is 2. The number of rotatable bonds is 3. The van der Waals surface area contributed by atoms with Crippen LogP contribution in [0.3, 0.4) is 0 Å². The first kappa shape index (κ1) is 15.0. The van der Waals surface area contributed by atoms with Crippen LogP contribution in [0.25, 0.3) is 0 Å². The van der Waals surface area contributed by atoms with Crippen molar-refractivity contribution >= 4 is 27.7 Å². The summed E-state index contributed by atoms with van der Waals surface area (Å²) in [7, 11) is 0. The lowest BCUT2D eigenvalue weighted by Gasteiger charge is -2.25. The summed E-state index contributed by atoms with van der Waals surface area (Å²) in [6.45, 7) is 2.00. The van der Waals surface area contributed by atoms with Gasteiger partial charge < -0.3 is 10.2 Å². The number of amides is 2. The minimum absolute atomic E-state index is 0.00908. The molecule has 1 aromatic rings. The van der Waals surface area contributed by atoms with Crippen LogP contribution in [0.2, 0.25) is 0 Å². The fourth-order valence-electron chi connectivity index (χ4n) is 2.43. The zero-order chi connectivity index (χ0) is 14.7. The fourth-order valence-corrected chi connectivity index (χ4v) is 2.68. The zero-order valence-corrected chi connectivity index (χ0v) is 12.7. The lowest BCUT2D eigenvalue weighted by molar-refractivity contribution is -0.133. The molecule has 0 saturated carbocycles. The fraction of sp³-hybridized carbons (Fsp3) is 0.429. The van der Waals surface area contributed by atoms with Crippen LogP contribution >= 0.6 is 15.9 Å². The molecule has 0 bridgehead atoms. The Morgan fingerprint density at radius 3 is 2.90 bits per heavy atom. The second-order valence-corrected chi connectivity index (χ2v) is 5.68. The molecule has 1 aliphatic heterocycles. The summed E-state index contributed by atoms with van der Waals surface area (Å²) in [5.74, 6) is -0.696. The molecule has 0 unspecified atom stereocenters. The second kappa shape index (κ2) is 6.35. The molecule has 0 radical (unpaired) electrons. The summed E-state index contributed by atoms with van der Waals surface area (Å²) in [5.41, 5.74) is 0.791. The van der Waals surface area contributed by atoms with Gasteiger partial charge in [-0.05, 0) is 46.5 Å². The van der Waals surface area contributed by atoms with Gasteiger partial charge >= 0.3 is 0 Å². The Bertz CT molecular complexity index is 536. The molecule has 0 spiro atoms. The average molecular weight is 343 g/mol. The Morgan fingerprint density at radius 1 is 1.50 bits per heavy atom. The molecule has 2 amide bonds. The van der Waals surface area contributed by atoms with Gasteiger partial charge in [0, 0.05) is 13.5 Å². The highest BCUT2D eigenvalue weighted by molar-refractivity contribution is 9.10. The second-order valence-electron chi connectivity index (χ2n) is 4.83. The molecule has 1 aliphatic rings. The number of benzene rings is 1. The average Bonchev–Trinajstić information content (AvgIpc) is 2.88. The van der Waals surface area contributed by atoms with Gasteiger partial charge in [0.1, 0.15) is 5.82 Å². The first-order valence-electron chi connectivity index (χ1n) is 6.48. The van der Waals surface area contributed by atoms with Crippen molar-refractivity contribution in [1.82, 2.24) is 10.2 Å². The maximum atomic E-state index is 13.6. The Hall–Kier alpha value is -1.43. The van der Waals surface area contributed by atoms with Crippen molar-refractivity contribution < 1.29 is 14.0 Å². The summed E-state index contributed by atoms with van der Waals surface area (Å²) >= 11 is 3.12. The molecule has 1 atom stereocenters. The molecule has 4 nitrogen and oxygen atoms in total. The number of carbonyl (C=O) groups excluding carboxylic acids is 2. The third kappa shape index (κ3) is 3.36. The van der Waals surface area contributed by atoms with Gasteiger partial charge in [-0.1, -0.05) is 6.07 Å². The van der Waals surface area contributed by atoms with E-state index < -0.39 is 0 Å². The van der Waals surface area contributed by atoms with Crippen LogP contribution in [0.1, 0.15) is 31.4 Å². The third-order valence-corrected chi connectivity index (χ3v) is 4.03. The third-order valence-electron chi connectivity index (χ3n) is 3.39. The van der Waals surface area contributed by atoms with Crippen LogP contribution in [0.15, 0.2) is 22.7 Å². The monoisotopic (exact) mass is 342 g/mol. The molecule has 6 heteroatoms. The molecule has 108 valence electrons. The number of nitrogens with one attached hydrogen (secondary N) is 1. The minimum atomic E-state index is -0.330. The van der Waals surface area contributed by atoms with Gasteiger partial charge in [-0.25, -0.2) is 4.39 Å². The molecule has 1 N–H and O–H groups in total. The predicted octanol–water partition coefficient (Wildman–Crippen LogP) is 2.39. The van der Waals surface area contributed by atoms with Crippen LogP contribution in [0.4, 0.5) is 4.39 Å². The maximum Gasteiger partial charge on any atom is 0.242 e. The van der Waals surface area contributed by atoms with E-state index in [0.29, 0.717) is 11.0 Å². The molecule has 1 fully saturated rings. The van der Waals surface area contributed by atoms with E-state index >= 15 is 0 Å². The Kier molecular flexibility index (Phi) is 4.75. The van der Waals surface area contributed by atoms with Crippen LogP contribution in [0, 0.1) is 5.82 Å². The molecular weight excluding hydrogens is 327 g/mol. The minimum Gasteiger partial charge on any atom is -0.347 e. The molecule has 0 aromatic heterocycles. The number of hydrogen-bond acceptors (Lipinski definition) is 2. The van der Waals surface area contributed by atoms with E-state index in [-0.39, 0.29) is 30.2 Å². The van der Waals surface area contributed by atoms with E-state index in [2.05, 4.69) is 21.2 Å². The van der Waals surface area contributed by atoms with Crippen molar-refractivity contribution in [2.75, 3.05) is 13.1 Å². The summed E-state index contributed by atoms with van der Waals surface area (Å²) in [5, 5.41) is 2.50. The number of carbonyl (C=O) groups is 2. The predicted molar refractivity (Wildman–Crippen MR) is 76.5 cm³/mol. The first-order chi connectivity index (χ1) is 9.49. The Morgan fingerprint density at radius 2 is 2.25 bits per heavy atom. The molecule has 20 heavy (non-hydrogen) atoms. The van der Waals surface area contributed by atoms with Crippen molar-refractivity contribution in [2.24, 2.45) is 0 Å². The zero-order valence-electron chi connectivity index (χ0n) is 11.2. The Labute approximate surface area is 125 Å². The lowest BCUT2D eigenvalue weighted by atomic mass is 10.0. The van der Waals surface area contributed by atoms with E-state index in [0.717, 1.165) is 18.4 Å². The smallest absolute Gasteiger partial charge is 0.242 e. The van der Waals surface area contributed by atoms with Gasteiger partial charge in [-0.2, -0.15) is 0 Å². The highest BCUT2D eigenvalue weighted by Crippen LogP contribution is 2.33. The van der Waals surface area contributed by atoms with Gasteiger partial charge in [-0.15, -0.1) is 0 Å². The van der Waals surface area contributed by atoms with Gasteiger partial charge in [0.05, 0.1) is 17.1 Å². The summed E-state index contributed by atoms with van der Waals surface area (Å²) in [6, 6.07) is 4.82. The standard InChI is InChI=1S/C14H16BrFN2O2/c1-9(19)17-8-14(20)18-6-2-3-13(18)10-4-5-11(15)12(16)7-10/h4-5,7,13H,2-3,6,8H2,1H3,(H,17,19)/t13-/m0/s1. The summed E-state index contributed by atoms with van der Waals surface area (Å²) < 4.78 is 14.0. The van der Waals surface area contributed by atoms with E-state index in [1.165, 1.54) is 13.0 Å². The van der Waals surface area contributed by atoms with E-state index in [1.54, 1.807) is 11.0 Å². The highest BCUT2D eigenvalue weighted by atomic mass is 79.9. The molecule has 0 aliphatic carbocycles. The SMILES string of the molecule is CC(=O)NCC(=O)N1CCC[C@H]1c1ccc(Br)c(F)c1. The molecule has 1 aromatic carbocycles. The molecular formula is C14H16BrFN2O2. The van der Waals surface area contributed by atoms with Crippen LogP contribution in [0.5, 0.6) is 0 Å². The van der Waals surface area contributed by atoms with E-state index in [9.17, 15) is 14.0 Å². The van der Waals surface area contributed by atoms with Crippen LogP contribution < -0.4 is 5.32 Å². The quantitative estimate of drug-likeness (QED) is 0.916. The highest BCUT2D eigenvalue weighted by Gasteiger charge is 2.30. The topological polar surface area (TPSA) is 49.4 Å². The molecule has 1 heterocycles.